The summed E-state index contributed by atoms with van der Waals surface area (Å²) in [5.74, 6) is 5.52. The van der Waals surface area contributed by atoms with Crippen LogP contribution in [0.5, 0.6) is 0 Å². The van der Waals surface area contributed by atoms with E-state index in [1.165, 1.54) is 5.56 Å². The molecular weight excluding hydrogens is 592 g/mol. The summed E-state index contributed by atoms with van der Waals surface area (Å²) in [5, 5.41) is 15.0. The van der Waals surface area contributed by atoms with Gasteiger partial charge in [0.1, 0.15) is 12.1 Å². The highest BCUT2D eigenvalue weighted by Crippen LogP contribution is 2.30. The Hall–Kier alpha value is -4.20. The third-order valence-corrected chi connectivity index (χ3v) is 9.22. The number of hydrogen-bond acceptors (Lipinski definition) is 6. The Labute approximate surface area is 279 Å². The van der Waals surface area contributed by atoms with Crippen LogP contribution >= 0.6 is 0 Å². The molecule has 2 aliphatic rings. The Balaban J connectivity index is 1.43. The number of nitrogens with zero attached hydrogens (tertiary/aromatic N) is 1. The molecule has 1 aliphatic heterocycles. The van der Waals surface area contributed by atoms with Crippen LogP contribution in [0.25, 0.3) is 0 Å². The van der Waals surface area contributed by atoms with Crippen molar-refractivity contribution in [2.75, 3.05) is 20.6 Å². The predicted molar refractivity (Wildman–Crippen MR) is 183 cm³/mol. The summed E-state index contributed by atoms with van der Waals surface area (Å²) in [6, 6.07) is 13.5. The van der Waals surface area contributed by atoms with Gasteiger partial charge in [-0.1, -0.05) is 48.2 Å². The molecule has 0 saturated carbocycles. The molecule has 1 fully saturated rings. The molecule has 0 aromatic heterocycles. The first kappa shape index (κ1) is 35.7. The molecule has 2 aromatic carbocycles. The number of rotatable bonds is 12. The van der Waals surface area contributed by atoms with Crippen molar-refractivity contribution in [1.82, 2.24) is 31.5 Å². The highest BCUT2D eigenvalue weighted by molar-refractivity contribution is 5.93. The van der Waals surface area contributed by atoms with Gasteiger partial charge >= 0.3 is 0 Å². The molecule has 1 saturated heterocycles. The van der Waals surface area contributed by atoms with E-state index in [1.807, 2.05) is 43.3 Å². The highest BCUT2D eigenvalue weighted by atomic mass is 16.2. The monoisotopic (exact) mass is 642 g/mol. The van der Waals surface area contributed by atoms with Gasteiger partial charge in [-0.2, -0.15) is 0 Å². The van der Waals surface area contributed by atoms with Crippen molar-refractivity contribution >= 4 is 23.6 Å². The van der Waals surface area contributed by atoms with Crippen molar-refractivity contribution in [3.63, 3.8) is 0 Å². The molecule has 0 spiro atoms. The largest absolute Gasteiger partial charge is 0.351 e. The number of nitrogens with one attached hydrogen (secondary N) is 5. The third-order valence-electron chi connectivity index (χ3n) is 9.22. The van der Waals surface area contributed by atoms with Gasteiger partial charge in [-0.25, -0.2) is 0 Å². The van der Waals surface area contributed by atoms with E-state index >= 15 is 0 Å². The third kappa shape index (κ3) is 9.66. The van der Waals surface area contributed by atoms with Crippen LogP contribution in [0.2, 0.25) is 0 Å². The average Bonchev–Trinajstić information content (AvgIpc) is 3.58. The Morgan fingerprint density at radius 1 is 0.872 bits per heavy atom. The number of carbonyl (C=O) groups excluding carboxylic acids is 4. The van der Waals surface area contributed by atoms with Gasteiger partial charge in [-0.3, -0.25) is 19.2 Å². The van der Waals surface area contributed by atoms with Crippen LogP contribution in [0.1, 0.15) is 81.2 Å². The fourth-order valence-corrected chi connectivity index (χ4v) is 6.12. The van der Waals surface area contributed by atoms with E-state index in [1.54, 1.807) is 32.8 Å². The van der Waals surface area contributed by atoms with Gasteiger partial charge in [0.25, 0.3) is 0 Å². The Morgan fingerprint density at radius 2 is 1.55 bits per heavy atom. The van der Waals surface area contributed by atoms with E-state index in [0.717, 1.165) is 42.4 Å². The lowest BCUT2D eigenvalue weighted by Crippen LogP contribution is -2.56. The van der Waals surface area contributed by atoms with Crippen molar-refractivity contribution in [3.05, 3.63) is 70.8 Å². The summed E-state index contributed by atoms with van der Waals surface area (Å²) >= 11 is 0. The number of aryl methyl sites for hydroxylation is 1. The second-order valence-electron chi connectivity index (χ2n) is 12.7. The smallest absolute Gasteiger partial charge is 0.246 e. The maximum absolute atomic E-state index is 14.1. The van der Waals surface area contributed by atoms with Crippen LogP contribution in [-0.2, 0) is 32.0 Å². The minimum atomic E-state index is -0.830. The first-order valence-electron chi connectivity index (χ1n) is 16.8. The Bertz CT molecular complexity index is 1470. The van der Waals surface area contributed by atoms with E-state index in [4.69, 9.17) is 0 Å². The molecule has 2 aromatic rings. The molecule has 10 nitrogen and oxygen atoms in total. The van der Waals surface area contributed by atoms with Gasteiger partial charge in [0.05, 0.1) is 18.1 Å². The minimum Gasteiger partial charge on any atom is -0.351 e. The van der Waals surface area contributed by atoms with Gasteiger partial charge in [0, 0.05) is 31.0 Å². The lowest BCUT2D eigenvalue weighted by molar-refractivity contribution is -0.141. The minimum absolute atomic E-state index is 0.0670. The van der Waals surface area contributed by atoms with Crippen LogP contribution in [0.3, 0.4) is 0 Å². The number of fused-ring (bicyclic) bond motifs is 1. The van der Waals surface area contributed by atoms with Gasteiger partial charge in [0.2, 0.25) is 23.6 Å². The quantitative estimate of drug-likeness (QED) is 0.226. The summed E-state index contributed by atoms with van der Waals surface area (Å²) in [6.45, 7) is 5.93. The lowest BCUT2D eigenvalue weighted by Gasteiger charge is -2.32. The molecular formula is C37H50N6O4. The predicted octanol–water partition coefficient (Wildman–Crippen LogP) is 2.36. The highest BCUT2D eigenvalue weighted by Gasteiger charge is 2.39. The molecule has 47 heavy (non-hydrogen) atoms. The summed E-state index contributed by atoms with van der Waals surface area (Å²) < 4.78 is 0. The molecule has 1 heterocycles. The van der Waals surface area contributed by atoms with Crippen molar-refractivity contribution < 1.29 is 19.2 Å². The Morgan fingerprint density at radius 3 is 2.26 bits per heavy atom. The number of hydrogen-bond donors (Lipinski definition) is 5. The molecule has 10 heteroatoms. The van der Waals surface area contributed by atoms with Gasteiger partial charge in [-0.15, -0.1) is 0 Å². The van der Waals surface area contributed by atoms with Gasteiger partial charge in [-0.05, 0) is 95.8 Å². The zero-order valence-electron chi connectivity index (χ0n) is 28.3. The van der Waals surface area contributed by atoms with Gasteiger partial charge in [0.15, 0.2) is 0 Å². The van der Waals surface area contributed by atoms with Crippen LogP contribution in [0.4, 0.5) is 0 Å². The molecule has 252 valence electrons. The second kappa shape index (κ2) is 17.1. The van der Waals surface area contributed by atoms with Crippen LogP contribution in [0, 0.1) is 11.8 Å². The zero-order valence-corrected chi connectivity index (χ0v) is 28.3. The molecule has 5 N–H and O–H groups in total. The first-order chi connectivity index (χ1) is 22.6. The van der Waals surface area contributed by atoms with E-state index < -0.39 is 18.1 Å². The normalized spacial score (nSPS) is 19.6. The maximum atomic E-state index is 14.1. The molecule has 6 atom stereocenters. The standard InChI is InChI=1S/C37H50N6O4/c1-24(40-34(44)25(2)38-4)11-8-12-27-18-20-28(21-19-27)23-32(42-35(45)26(3)39-5)37(47)43-22-10-17-33(43)36(46)41-31-16-9-14-29-13-6-7-15-30(29)31/h6-7,13,15,18-21,24-26,31-33,38-39H,9-11,14,16-17,22-23H2,1-5H3,(H,40,44)(H,41,46)(H,42,45). The number of likely N-dealkylation sites (tertiary alicyclic amines) is 1. The number of carbonyl (C=O) groups is 4. The van der Waals surface area contributed by atoms with Crippen LogP contribution in [0.15, 0.2) is 48.5 Å². The maximum Gasteiger partial charge on any atom is 0.246 e. The van der Waals surface area contributed by atoms with Crippen molar-refractivity contribution in [2.45, 2.75) is 102 Å². The topological polar surface area (TPSA) is 132 Å². The van der Waals surface area contributed by atoms with Crippen molar-refractivity contribution in [2.24, 2.45) is 0 Å². The molecule has 6 unspecified atom stereocenters. The van der Waals surface area contributed by atoms with Gasteiger partial charge < -0.3 is 31.5 Å². The zero-order chi connectivity index (χ0) is 33.9. The van der Waals surface area contributed by atoms with E-state index in [0.29, 0.717) is 19.4 Å². The van der Waals surface area contributed by atoms with Crippen LogP contribution < -0.4 is 26.6 Å². The summed E-state index contributed by atoms with van der Waals surface area (Å²) in [6.07, 6.45) is 4.98. The van der Waals surface area contributed by atoms with E-state index in [9.17, 15) is 19.2 Å². The summed E-state index contributed by atoms with van der Waals surface area (Å²) in [5.41, 5.74) is 4.10. The number of likely N-dealkylation sites (N-methyl/N-ethyl adjacent to an activating group) is 2. The molecule has 0 radical (unpaired) electrons. The molecule has 4 rings (SSSR count). The van der Waals surface area contributed by atoms with Crippen LogP contribution in [-0.4, -0.2) is 79.4 Å². The first-order valence-corrected chi connectivity index (χ1v) is 16.8. The average molecular weight is 643 g/mol. The molecule has 1 aliphatic carbocycles. The molecule has 4 amide bonds. The second-order valence-corrected chi connectivity index (χ2v) is 12.7. The fourth-order valence-electron chi connectivity index (χ4n) is 6.12. The fraction of sp³-hybridized carbons (Fsp3) is 0.514. The lowest BCUT2D eigenvalue weighted by atomic mass is 9.87. The number of amides is 4. The van der Waals surface area contributed by atoms with E-state index in [2.05, 4.69) is 50.6 Å². The van der Waals surface area contributed by atoms with Crippen molar-refractivity contribution in [3.8, 4) is 11.8 Å². The summed E-state index contributed by atoms with van der Waals surface area (Å²) in [7, 11) is 3.44. The van der Waals surface area contributed by atoms with E-state index in [-0.39, 0.29) is 48.2 Å². The Kier molecular flexibility index (Phi) is 13.0. The van der Waals surface area contributed by atoms with Crippen molar-refractivity contribution in [1.29, 1.82) is 0 Å². The summed E-state index contributed by atoms with van der Waals surface area (Å²) in [4.78, 5) is 54.4. The molecule has 0 bridgehead atoms. The number of benzene rings is 2. The SMILES string of the molecule is CNC(C)C(=O)NC(C)CC#Cc1ccc(CC(NC(=O)C(C)NC)C(=O)N2CCCC2C(=O)NC2CCCc3ccccc32)cc1.